The van der Waals surface area contributed by atoms with Gasteiger partial charge in [-0.25, -0.2) is 0 Å². The molecule has 0 N–H and O–H groups in total. The molecule has 0 radical (unpaired) electrons. The Labute approximate surface area is 559 Å². The van der Waals surface area contributed by atoms with E-state index in [2.05, 4.69) is 0 Å². The Morgan fingerprint density at radius 1 is 0.202 bits per heavy atom. The van der Waals surface area contributed by atoms with Crippen molar-refractivity contribution in [1.82, 2.24) is 0 Å². The molecule has 512 valence electrons. The quantitative estimate of drug-likeness (QED) is 0.148. The van der Waals surface area contributed by atoms with E-state index in [1.165, 1.54) is 48.6 Å². The lowest BCUT2D eigenvalue weighted by molar-refractivity contribution is -0.162. The molecule has 6 rings (SSSR count). The van der Waals surface area contributed by atoms with Crippen molar-refractivity contribution in [2.75, 3.05) is 0 Å². The minimum absolute atomic E-state index is 0.0760. The van der Waals surface area contributed by atoms with Gasteiger partial charge in [-0.05, 0) is 36.4 Å². The molecule has 16 nitrogen and oxygen atoms in total. The Morgan fingerprint density at radius 2 is 0.413 bits per heavy atom. The molecule has 0 aliphatic rings. The maximum absolute atomic E-state index is 14.0. The van der Waals surface area contributed by atoms with Gasteiger partial charge in [-0.15, -0.1) is 0 Å². The second kappa shape index (κ2) is 28.4. The molecule has 104 heavy (non-hydrogen) atoms. The predicted molar refractivity (Wildman–Crippen MR) is 286 cm³/mol. The molecule has 0 fully saturated rings. The van der Waals surface area contributed by atoms with Crippen LogP contribution in [0.5, 0.6) is 0 Å². The summed E-state index contributed by atoms with van der Waals surface area (Å²) in [6, 6.07) is 18.6. The molecule has 0 aliphatic heterocycles. The molecule has 6 aromatic rings. The van der Waals surface area contributed by atoms with Crippen LogP contribution in [0.4, 0.5) is 105 Å². The maximum atomic E-state index is 14.0. The lowest BCUT2D eigenvalue weighted by atomic mass is 9.85. The first kappa shape index (κ1) is 79.6. The van der Waals surface area contributed by atoms with E-state index < -0.39 is 226 Å². The first-order valence-corrected chi connectivity index (χ1v) is 25.7. The summed E-state index contributed by atoms with van der Waals surface area (Å²) in [6.07, 6.45) is -46.9. The highest BCUT2D eigenvalue weighted by atomic mass is 19.4. The summed E-state index contributed by atoms with van der Waals surface area (Å²) in [5, 5.41) is 151. The third-order valence-corrected chi connectivity index (χ3v) is 14.0. The molecular formula is C64H8F24N16. The van der Waals surface area contributed by atoms with Gasteiger partial charge in [0.25, 0.3) is 0 Å². The Kier molecular flexibility index (Phi) is 21.8. The minimum Gasteiger partial charge on any atom is -0.192 e. The number of halogens is 24. The van der Waals surface area contributed by atoms with Gasteiger partial charge in [0.05, 0.1) is 158 Å². The molecule has 0 saturated carbocycles. The third kappa shape index (κ3) is 14.6. The van der Waals surface area contributed by atoms with Crippen molar-refractivity contribution in [2.45, 2.75) is 49.4 Å². The lowest BCUT2D eigenvalue weighted by Gasteiger charge is -2.20. The average molecular weight is 1460 g/mol. The Bertz CT molecular complexity index is 5470. The smallest absolute Gasteiger partial charge is 0.192 e. The molecule has 0 bridgehead atoms. The molecule has 0 atom stereocenters. The van der Waals surface area contributed by atoms with Gasteiger partial charge in [0, 0.05) is 43.1 Å². The number of alkyl halides is 24. The summed E-state index contributed by atoms with van der Waals surface area (Å²) < 4.78 is 335. The van der Waals surface area contributed by atoms with Crippen molar-refractivity contribution in [2.24, 2.45) is 0 Å². The van der Waals surface area contributed by atoms with Gasteiger partial charge in [0.1, 0.15) is 72.8 Å². The summed E-state index contributed by atoms with van der Waals surface area (Å²) >= 11 is 0. The molecule has 0 saturated heterocycles. The highest BCUT2D eigenvalue weighted by Gasteiger charge is 2.51. The van der Waals surface area contributed by atoms with Gasteiger partial charge in [0.15, 0.2) is 0 Å². The van der Waals surface area contributed by atoms with Gasteiger partial charge in [0.2, 0.25) is 0 Å². The maximum Gasteiger partial charge on any atom is 0.419 e. The number of hydrogen-bond donors (Lipinski definition) is 0. The molecular weight excluding hydrogens is 1450 g/mol. The first-order chi connectivity index (χ1) is 48.0. The molecule has 0 spiro atoms. The number of benzene rings is 6. The number of nitriles is 16. The Hall–Kier alpha value is -15.0. The van der Waals surface area contributed by atoms with E-state index >= 15 is 0 Å². The molecule has 40 heteroatoms. The van der Waals surface area contributed by atoms with E-state index in [1.54, 1.807) is 0 Å². The topological polar surface area (TPSA) is 381 Å². The average Bonchev–Trinajstić information content (AvgIpc) is 0.751. The van der Waals surface area contributed by atoms with Crippen molar-refractivity contribution in [3.05, 3.63) is 203 Å². The summed E-state index contributed by atoms with van der Waals surface area (Å²) in [6.45, 7) is 0. The Morgan fingerprint density at radius 3 is 0.606 bits per heavy atom. The van der Waals surface area contributed by atoms with E-state index in [4.69, 9.17) is 0 Å². The zero-order chi connectivity index (χ0) is 79.4. The monoisotopic (exact) mass is 1460 g/mol. The number of hydrogen-bond acceptors (Lipinski definition) is 16. The third-order valence-electron chi connectivity index (χ3n) is 14.0. The van der Waals surface area contributed by atoms with E-state index in [0.29, 0.717) is 36.4 Å². The van der Waals surface area contributed by atoms with Crippen LogP contribution in [0.1, 0.15) is 134 Å². The lowest BCUT2D eigenvalue weighted by Crippen LogP contribution is -2.25. The summed E-state index contributed by atoms with van der Waals surface area (Å²) in [7, 11) is 0. The summed E-state index contributed by atoms with van der Waals surface area (Å²) in [5.41, 5.74) is -49.8. The van der Waals surface area contributed by atoms with Gasteiger partial charge in [-0.2, -0.15) is 190 Å². The molecule has 0 aromatic heterocycles. The summed E-state index contributed by atoms with van der Waals surface area (Å²) in [5.74, 6) is 0. The van der Waals surface area contributed by atoms with Crippen LogP contribution >= 0.6 is 0 Å². The highest BCUT2D eigenvalue weighted by Crippen LogP contribution is 2.49. The fraction of sp³-hybridized carbons (Fsp3) is 0.125. The van der Waals surface area contributed by atoms with Crippen molar-refractivity contribution in [1.29, 1.82) is 84.2 Å². The molecule has 0 unspecified atom stereocenters. The second-order valence-electron chi connectivity index (χ2n) is 19.5. The van der Waals surface area contributed by atoms with Crippen LogP contribution in [0, 0.1) is 181 Å². The van der Waals surface area contributed by atoms with Gasteiger partial charge >= 0.3 is 49.4 Å². The SMILES string of the molecule is N#C/C(c1cc(C#N)c(C(F)(F)F)c(C(F)(F)F)c1C#N)=c1/cc/c(=C(/C#N)c2cc(C#N)c(C(F)(F)F)c(C(F)(F)F)c2C#N)c(C#N)c1C#N.N#C/C(c1cc(C(F)(F)F)c(C#N)c(C(F)(F)F)c1C#N)=c1/cc(C#N)/c(=C(/C#N)c2cc(C(F)(F)F)c(C#N)c(C(F)(F)F)c2C#N)cc1C#N. The standard InChI is InChI=1S/2C32H4F12N8/c33-29(34,35)25-3-17(21(9-49)27(23(25)11-51)31(39,40)41)19(7-47)15-1-13(5-45)16(2-14(15)6-46)20(8-48)18-4-26(30(36,37)38)24(12-52)28(22(18)10-50)32(42,43)44;33-29(34,35)25-13(5-45)3-17(23(11-51)27(25)31(39,40)41)19(7-47)15-1-2-16(22(10-50)21(15)9-49)20(8-48)18-4-14(6-46)26(30(36,37)38)28(24(18)12-52)32(42,43)44/h2*1-4H/b19-15-,20-16+;19-15+,20-16+. The van der Waals surface area contributed by atoms with Crippen molar-refractivity contribution < 1.29 is 105 Å². The predicted octanol–water partition coefficient (Wildman–Crippen LogP) is 12.9. The largest absolute Gasteiger partial charge is 0.419 e. The van der Waals surface area contributed by atoms with Crippen LogP contribution in [0.2, 0.25) is 0 Å². The minimum atomic E-state index is -5.99. The fourth-order valence-corrected chi connectivity index (χ4v) is 10.1. The van der Waals surface area contributed by atoms with Gasteiger partial charge in [-0.1, -0.05) is 12.1 Å². The molecule has 0 amide bonds. The molecule has 0 aliphatic carbocycles. The van der Waals surface area contributed by atoms with E-state index in [9.17, 15) is 190 Å². The zero-order valence-electron chi connectivity index (χ0n) is 48.8. The summed E-state index contributed by atoms with van der Waals surface area (Å²) in [4.78, 5) is 0. The number of rotatable bonds is 4. The highest BCUT2D eigenvalue weighted by molar-refractivity contribution is 5.88. The fourth-order valence-electron chi connectivity index (χ4n) is 10.1. The Balaban J connectivity index is 0.000000374. The molecule has 6 aromatic carbocycles. The van der Waals surface area contributed by atoms with Crippen LogP contribution in [-0.4, -0.2) is 0 Å². The van der Waals surface area contributed by atoms with Crippen LogP contribution in [-0.2, 0) is 49.4 Å². The number of nitrogens with zero attached hydrogens (tertiary/aromatic N) is 16. The first-order valence-electron chi connectivity index (χ1n) is 25.7. The van der Waals surface area contributed by atoms with Gasteiger partial charge in [-0.3, -0.25) is 0 Å². The van der Waals surface area contributed by atoms with E-state index in [1.807, 2.05) is 0 Å². The van der Waals surface area contributed by atoms with Crippen molar-refractivity contribution >= 4 is 22.3 Å². The van der Waals surface area contributed by atoms with Crippen LogP contribution in [0.3, 0.4) is 0 Å². The van der Waals surface area contributed by atoms with Gasteiger partial charge < -0.3 is 0 Å². The normalized spacial score (nSPS) is 12.7. The van der Waals surface area contributed by atoms with Crippen LogP contribution < -0.4 is 20.9 Å². The second-order valence-corrected chi connectivity index (χ2v) is 19.5. The molecule has 0 heterocycles. The van der Waals surface area contributed by atoms with Crippen molar-refractivity contribution in [3.8, 4) is 97.1 Å². The van der Waals surface area contributed by atoms with E-state index in [0.717, 1.165) is 36.4 Å². The van der Waals surface area contributed by atoms with Crippen LogP contribution in [0.25, 0.3) is 22.3 Å². The zero-order valence-corrected chi connectivity index (χ0v) is 48.8. The van der Waals surface area contributed by atoms with E-state index in [-0.39, 0.29) is 24.3 Å². The van der Waals surface area contributed by atoms with Crippen LogP contribution in [0.15, 0.2) is 48.5 Å². The van der Waals surface area contributed by atoms with Crippen molar-refractivity contribution in [3.63, 3.8) is 0 Å².